The Balaban J connectivity index is 1.46. The Kier molecular flexibility index (Phi) is 7.39. The Bertz CT molecular complexity index is 1340. The zero-order chi connectivity index (χ0) is 28.7. The van der Waals surface area contributed by atoms with Gasteiger partial charge in [-0.2, -0.15) is 0 Å². The van der Waals surface area contributed by atoms with Gasteiger partial charge in [-0.15, -0.1) is 0 Å². The molecule has 0 spiro atoms. The number of carbonyl (C=O) groups is 2. The number of amides is 2. The number of hydrogen-bond acceptors (Lipinski definition) is 8. The van der Waals surface area contributed by atoms with Crippen molar-refractivity contribution in [3.05, 3.63) is 53.1 Å². The molecule has 0 aliphatic carbocycles. The van der Waals surface area contributed by atoms with Gasteiger partial charge in [-0.1, -0.05) is 13.8 Å². The fraction of sp³-hybridized carbons (Fsp3) is 0.500. The average molecular weight is 551 g/mol. The number of nitrogens with zero attached hydrogens (tertiary/aromatic N) is 2. The minimum atomic E-state index is -1.26. The first kappa shape index (κ1) is 27.8. The summed E-state index contributed by atoms with van der Waals surface area (Å²) >= 11 is 0. The smallest absolute Gasteiger partial charge is 0.251 e. The molecule has 0 radical (unpaired) electrons. The zero-order valence-corrected chi connectivity index (χ0v) is 23.5. The van der Waals surface area contributed by atoms with Crippen LogP contribution < -0.4 is 25.3 Å². The van der Waals surface area contributed by atoms with Crippen LogP contribution in [0.25, 0.3) is 0 Å². The number of carbonyl (C=O) groups excluding carboxylic acids is 2. The van der Waals surface area contributed by atoms with E-state index in [0.717, 1.165) is 12.8 Å². The van der Waals surface area contributed by atoms with Crippen molar-refractivity contribution < 1.29 is 28.9 Å². The predicted molar refractivity (Wildman–Crippen MR) is 150 cm³/mol. The summed E-state index contributed by atoms with van der Waals surface area (Å²) in [6.07, 6.45) is 2.59. The number of hydrogen-bond donors (Lipinski definition) is 3. The van der Waals surface area contributed by atoms with E-state index in [1.54, 1.807) is 55.3 Å². The second kappa shape index (κ2) is 10.6. The standard InChI is InChI=1S/C30H38N4O6/c1-5-30(6-2)17-25(35)34(28(31)33-30)22-11-13-39-23-10-7-18(15-21(22)23)27(36)32-26-20-9-8-19(38-4)16-24(20)40-14-12-29(26,3)37/h7-10,15-16,22,26,37H,5-6,11-14,17H2,1-4H3,(H2,31,33)(H,32,36)/t22-,26?,29?/m1/s1. The number of rotatable bonds is 6. The summed E-state index contributed by atoms with van der Waals surface area (Å²) in [7, 11) is 1.57. The Hall–Kier alpha value is -3.79. The Morgan fingerprint density at radius 2 is 1.90 bits per heavy atom. The maximum Gasteiger partial charge on any atom is 0.251 e. The molecule has 3 atom stereocenters. The lowest BCUT2D eigenvalue weighted by Gasteiger charge is -2.41. The summed E-state index contributed by atoms with van der Waals surface area (Å²) in [5, 5.41) is 14.3. The first-order valence-electron chi connectivity index (χ1n) is 13.9. The number of benzene rings is 2. The lowest BCUT2D eigenvalue weighted by atomic mass is 9.86. The quantitative estimate of drug-likeness (QED) is 0.500. The summed E-state index contributed by atoms with van der Waals surface area (Å²) in [6, 6.07) is 9.37. The van der Waals surface area contributed by atoms with E-state index in [0.29, 0.717) is 60.0 Å². The molecule has 0 bridgehead atoms. The van der Waals surface area contributed by atoms with E-state index in [9.17, 15) is 14.7 Å². The van der Waals surface area contributed by atoms with Gasteiger partial charge in [0, 0.05) is 35.6 Å². The normalized spacial score (nSPS) is 25.4. The first-order chi connectivity index (χ1) is 19.1. The highest BCUT2D eigenvalue weighted by atomic mass is 16.5. The number of nitrogens with two attached hydrogens (primary N) is 1. The van der Waals surface area contributed by atoms with Crippen LogP contribution in [0, 0.1) is 0 Å². The summed E-state index contributed by atoms with van der Waals surface area (Å²) < 4.78 is 17.1. The van der Waals surface area contributed by atoms with Gasteiger partial charge in [-0.05, 0) is 50.1 Å². The SMILES string of the molecule is CCC1(CC)CC(=O)N([C@@H]2CCOc3ccc(C(=O)NC4c5ccc(OC)cc5OCCC4(C)O)cc32)C(N)=N1. The fourth-order valence-electron chi connectivity index (χ4n) is 5.91. The van der Waals surface area contributed by atoms with Crippen molar-refractivity contribution >= 4 is 17.8 Å². The van der Waals surface area contributed by atoms with E-state index < -0.39 is 23.2 Å². The van der Waals surface area contributed by atoms with Crippen LogP contribution in [-0.2, 0) is 4.79 Å². The van der Waals surface area contributed by atoms with Crippen LogP contribution >= 0.6 is 0 Å². The highest BCUT2D eigenvalue weighted by Gasteiger charge is 2.42. The van der Waals surface area contributed by atoms with Gasteiger partial charge in [0.05, 0.1) is 50.0 Å². The number of methoxy groups -OCH3 is 1. The number of aliphatic hydroxyl groups is 1. The van der Waals surface area contributed by atoms with Crippen molar-refractivity contribution in [1.82, 2.24) is 10.2 Å². The molecule has 2 aromatic carbocycles. The molecule has 10 nitrogen and oxygen atoms in total. The van der Waals surface area contributed by atoms with Crippen LogP contribution in [0.1, 0.15) is 86.4 Å². The minimum Gasteiger partial charge on any atom is -0.497 e. The summed E-state index contributed by atoms with van der Waals surface area (Å²) in [6.45, 7) is 6.43. The molecular formula is C30H38N4O6. The molecule has 4 N–H and O–H groups in total. The number of ether oxygens (including phenoxy) is 3. The van der Waals surface area contributed by atoms with Crippen molar-refractivity contribution in [2.75, 3.05) is 20.3 Å². The number of aliphatic imine (C=N–C) groups is 1. The Morgan fingerprint density at radius 3 is 2.60 bits per heavy atom. The number of guanidine groups is 1. The van der Waals surface area contributed by atoms with Crippen molar-refractivity contribution in [1.29, 1.82) is 0 Å². The fourth-order valence-corrected chi connectivity index (χ4v) is 5.91. The third-order valence-electron chi connectivity index (χ3n) is 8.55. The van der Waals surface area contributed by atoms with Gasteiger partial charge < -0.3 is 30.4 Å². The maximum absolute atomic E-state index is 13.6. The molecule has 5 rings (SSSR count). The van der Waals surface area contributed by atoms with Gasteiger partial charge in [0.1, 0.15) is 17.2 Å². The molecule has 2 unspecified atom stereocenters. The molecule has 0 fully saturated rings. The lowest BCUT2D eigenvalue weighted by molar-refractivity contribution is -0.132. The van der Waals surface area contributed by atoms with E-state index in [2.05, 4.69) is 5.32 Å². The Morgan fingerprint density at radius 1 is 1.15 bits per heavy atom. The number of fused-ring (bicyclic) bond motifs is 2. The summed E-state index contributed by atoms with van der Waals surface area (Å²) in [5.74, 6) is 1.53. The molecule has 3 aliphatic rings. The van der Waals surface area contributed by atoms with Crippen LogP contribution in [0.5, 0.6) is 17.2 Å². The first-order valence-corrected chi connectivity index (χ1v) is 13.9. The van der Waals surface area contributed by atoms with Crippen molar-refractivity contribution in [3.63, 3.8) is 0 Å². The molecule has 214 valence electrons. The highest BCUT2D eigenvalue weighted by Crippen LogP contribution is 2.42. The molecule has 10 heteroatoms. The van der Waals surface area contributed by atoms with Gasteiger partial charge in [0.2, 0.25) is 5.91 Å². The topological polar surface area (TPSA) is 136 Å². The van der Waals surface area contributed by atoms with Crippen LogP contribution in [0.15, 0.2) is 41.4 Å². The third-order valence-corrected chi connectivity index (χ3v) is 8.55. The predicted octanol–water partition coefficient (Wildman–Crippen LogP) is 3.63. The van der Waals surface area contributed by atoms with Gasteiger partial charge >= 0.3 is 0 Å². The molecule has 2 amide bonds. The van der Waals surface area contributed by atoms with E-state index >= 15 is 0 Å². The van der Waals surface area contributed by atoms with Crippen LogP contribution in [0.4, 0.5) is 0 Å². The minimum absolute atomic E-state index is 0.0783. The second-order valence-electron chi connectivity index (χ2n) is 11.0. The summed E-state index contributed by atoms with van der Waals surface area (Å²) in [4.78, 5) is 33.4. The number of nitrogens with one attached hydrogen (secondary N) is 1. The van der Waals surface area contributed by atoms with Crippen molar-refractivity contribution in [2.45, 2.75) is 76.1 Å². The van der Waals surface area contributed by atoms with Gasteiger partial charge in [-0.25, -0.2) is 4.99 Å². The van der Waals surface area contributed by atoms with Crippen LogP contribution in [0.3, 0.4) is 0 Å². The highest BCUT2D eigenvalue weighted by molar-refractivity contribution is 6.00. The van der Waals surface area contributed by atoms with Crippen molar-refractivity contribution in [3.8, 4) is 17.2 Å². The van der Waals surface area contributed by atoms with Gasteiger partial charge in [-0.3, -0.25) is 14.5 Å². The second-order valence-corrected chi connectivity index (χ2v) is 11.0. The van der Waals surface area contributed by atoms with E-state index in [1.807, 2.05) is 13.8 Å². The molecule has 2 aromatic rings. The van der Waals surface area contributed by atoms with Gasteiger partial charge in [0.25, 0.3) is 5.91 Å². The average Bonchev–Trinajstić information content (AvgIpc) is 3.06. The monoisotopic (exact) mass is 550 g/mol. The molecule has 0 aromatic heterocycles. The molecule has 40 heavy (non-hydrogen) atoms. The van der Waals surface area contributed by atoms with E-state index in [-0.39, 0.29) is 24.2 Å². The molecule has 3 aliphatic heterocycles. The maximum atomic E-state index is 13.6. The van der Waals surface area contributed by atoms with E-state index in [1.165, 1.54) is 0 Å². The lowest BCUT2D eigenvalue weighted by Crippen LogP contribution is -2.53. The molecule has 3 heterocycles. The molecule has 0 saturated carbocycles. The van der Waals surface area contributed by atoms with Gasteiger partial charge in [0.15, 0.2) is 5.96 Å². The largest absolute Gasteiger partial charge is 0.497 e. The Labute approximate surface area is 234 Å². The van der Waals surface area contributed by atoms with Crippen LogP contribution in [-0.4, -0.2) is 59.2 Å². The molecule has 0 saturated heterocycles. The molecular weight excluding hydrogens is 512 g/mol. The third kappa shape index (κ3) is 4.96. The summed E-state index contributed by atoms with van der Waals surface area (Å²) in [5.41, 5.74) is 6.40. The van der Waals surface area contributed by atoms with E-state index in [4.69, 9.17) is 24.9 Å². The zero-order valence-electron chi connectivity index (χ0n) is 23.5. The van der Waals surface area contributed by atoms with Crippen molar-refractivity contribution in [2.24, 2.45) is 10.7 Å². The van der Waals surface area contributed by atoms with Crippen LogP contribution in [0.2, 0.25) is 0 Å².